The minimum Gasteiger partial charge on any atom is -0.422 e. The third-order valence-corrected chi connectivity index (χ3v) is 4.94. The van der Waals surface area contributed by atoms with E-state index in [-0.39, 0.29) is 5.91 Å². The number of rotatable bonds is 2. The largest absolute Gasteiger partial charge is 0.422 e. The summed E-state index contributed by atoms with van der Waals surface area (Å²) in [4.78, 5) is 25.7. The Morgan fingerprint density at radius 1 is 1.08 bits per heavy atom. The lowest BCUT2D eigenvalue weighted by atomic mass is 10.1. The van der Waals surface area contributed by atoms with E-state index >= 15 is 0 Å². The van der Waals surface area contributed by atoms with E-state index in [4.69, 9.17) is 4.42 Å². The first kappa shape index (κ1) is 16.6. The SMILES string of the molecule is Cc1ccc2oc(N3CCN(C(=O)c4c(C)nn(C)c4C)CC3)nc2n1. The van der Waals surface area contributed by atoms with Crippen molar-refractivity contribution in [1.29, 1.82) is 0 Å². The maximum atomic E-state index is 12.9. The van der Waals surface area contributed by atoms with Crippen molar-refractivity contribution in [3.63, 3.8) is 0 Å². The second-order valence-corrected chi connectivity index (χ2v) is 6.72. The highest BCUT2D eigenvalue weighted by Gasteiger charge is 2.28. The van der Waals surface area contributed by atoms with Crippen molar-refractivity contribution >= 4 is 23.2 Å². The maximum Gasteiger partial charge on any atom is 0.300 e. The summed E-state index contributed by atoms with van der Waals surface area (Å²) in [7, 11) is 1.86. The molecule has 0 radical (unpaired) electrons. The predicted molar refractivity (Wildman–Crippen MR) is 97.3 cm³/mol. The zero-order chi connectivity index (χ0) is 18.4. The molecule has 8 heteroatoms. The number of aryl methyl sites for hydroxylation is 3. The zero-order valence-corrected chi connectivity index (χ0v) is 15.5. The number of hydrogen-bond donors (Lipinski definition) is 0. The Kier molecular flexibility index (Phi) is 3.90. The number of carbonyl (C=O) groups is 1. The van der Waals surface area contributed by atoms with E-state index in [0.29, 0.717) is 49.0 Å². The van der Waals surface area contributed by atoms with Gasteiger partial charge < -0.3 is 14.2 Å². The molecule has 1 amide bonds. The first-order chi connectivity index (χ1) is 12.4. The highest BCUT2D eigenvalue weighted by Crippen LogP contribution is 2.23. The molecular formula is C18H22N6O2. The van der Waals surface area contributed by atoms with E-state index in [1.807, 2.05) is 44.9 Å². The third kappa shape index (κ3) is 2.71. The molecule has 0 atom stereocenters. The van der Waals surface area contributed by atoms with E-state index in [0.717, 1.165) is 17.1 Å². The lowest BCUT2D eigenvalue weighted by Gasteiger charge is -2.33. The number of fused-ring (bicyclic) bond motifs is 1. The molecule has 1 saturated heterocycles. The molecular weight excluding hydrogens is 332 g/mol. The van der Waals surface area contributed by atoms with Gasteiger partial charge in [-0.25, -0.2) is 4.98 Å². The van der Waals surface area contributed by atoms with Gasteiger partial charge in [0, 0.05) is 44.6 Å². The molecule has 0 N–H and O–H groups in total. The molecule has 0 spiro atoms. The Morgan fingerprint density at radius 2 is 1.81 bits per heavy atom. The van der Waals surface area contributed by atoms with Crippen molar-refractivity contribution in [2.24, 2.45) is 7.05 Å². The summed E-state index contributed by atoms with van der Waals surface area (Å²) in [5.41, 5.74) is 4.61. The van der Waals surface area contributed by atoms with Gasteiger partial charge in [0.25, 0.3) is 11.9 Å². The summed E-state index contributed by atoms with van der Waals surface area (Å²) in [6, 6.07) is 4.37. The topological polar surface area (TPSA) is 80.3 Å². The highest BCUT2D eigenvalue weighted by molar-refractivity contribution is 5.96. The monoisotopic (exact) mass is 354 g/mol. The van der Waals surface area contributed by atoms with Crippen LogP contribution >= 0.6 is 0 Å². The van der Waals surface area contributed by atoms with Crippen LogP contribution in [0.4, 0.5) is 6.01 Å². The van der Waals surface area contributed by atoms with Crippen LogP contribution in [0.5, 0.6) is 0 Å². The summed E-state index contributed by atoms with van der Waals surface area (Å²) in [5.74, 6) is 0.0441. The van der Waals surface area contributed by atoms with E-state index in [9.17, 15) is 4.79 Å². The molecule has 136 valence electrons. The standard InChI is InChI=1S/C18H22N6O2/c1-11-5-6-14-16(19-11)20-18(26-14)24-9-7-23(8-10-24)17(25)15-12(2)21-22(4)13(15)3/h5-6H,7-10H2,1-4H3. The fourth-order valence-corrected chi connectivity index (χ4v) is 3.38. The molecule has 1 aliphatic rings. The van der Waals surface area contributed by atoms with Crippen LogP contribution in [0.15, 0.2) is 16.5 Å². The molecule has 0 aromatic carbocycles. The molecule has 0 aliphatic carbocycles. The molecule has 4 rings (SSSR count). The van der Waals surface area contributed by atoms with Gasteiger partial charge in [-0.05, 0) is 32.9 Å². The summed E-state index contributed by atoms with van der Waals surface area (Å²) >= 11 is 0. The van der Waals surface area contributed by atoms with Crippen molar-refractivity contribution < 1.29 is 9.21 Å². The number of piperazine rings is 1. The van der Waals surface area contributed by atoms with Gasteiger partial charge in [-0.15, -0.1) is 0 Å². The molecule has 8 nitrogen and oxygen atoms in total. The molecule has 1 fully saturated rings. The number of oxazole rings is 1. The van der Waals surface area contributed by atoms with Crippen LogP contribution in [0.1, 0.15) is 27.4 Å². The first-order valence-electron chi connectivity index (χ1n) is 8.72. The van der Waals surface area contributed by atoms with Crippen LogP contribution in [0.2, 0.25) is 0 Å². The maximum absolute atomic E-state index is 12.9. The average Bonchev–Trinajstić information content (AvgIpc) is 3.15. The van der Waals surface area contributed by atoms with Crippen LogP contribution < -0.4 is 4.90 Å². The minimum atomic E-state index is 0.0441. The van der Waals surface area contributed by atoms with E-state index < -0.39 is 0 Å². The average molecular weight is 354 g/mol. The van der Waals surface area contributed by atoms with Gasteiger partial charge in [0.15, 0.2) is 5.58 Å². The summed E-state index contributed by atoms with van der Waals surface area (Å²) in [6.07, 6.45) is 0. The molecule has 0 unspecified atom stereocenters. The number of anilines is 1. The number of pyridine rings is 1. The van der Waals surface area contributed by atoms with Crippen LogP contribution in [-0.4, -0.2) is 56.7 Å². The van der Waals surface area contributed by atoms with Crippen molar-refractivity contribution in [3.05, 3.63) is 34.8 Å². The number of amides is 1. The van der Waals surface area contributed by atoms with E-state index in [1.165, 1.54) is 0 Å². The number of hydrogen-bond acceptors (Lipinski definition) is 6. The van der Waals surface area contributed by atoms with Gasteiger partial charge >= 0.3 is 0 Å². The summed E-state index contributed by atoms with van der Waals surface area (Å²) in [6.45, 7) is 8.34. The fourth-order valence-electron chi connectivity index (χ4n) is 3.38. The number of nitrogens with zero attached hydrogens (tertiary/aromatic N) is 6. The zero-order valence-electron chi connectivity index (χ0n) is 15.5. The first-order valence-corrected chi connectivity index (χ1v) is 8.72. The highest BCUT2D eigenvalue weighted by atomic mass is 16.4. The summed E-state index contributed by atoms with van der Waals surface area (Å²) in [5, 5.41) is 4.35. The Balaban J connectivity index is 1.48. The second-order valence-electron chi connectivity index (χ2n) is 6.72. The lowest BCUT2D eigenvalue weighted by Crippen LogP contribution is -2.49. The molecule has 26 heavy (non-hydrogen) atoms. The molecule has 4 heterocycles. The van der Waals surface area contributed by atoms with Gasteiger partial charge in [-0.2, -0.15) is 10.1 Å². The second kappa shape index (κ2) is 6.12. The van der Waals surface area contributed by atoms with Crippen LogP contribution in [0.25, 0.3) is 11.2 Å². The quantitative estimate of drug-likeness (QED) is 0.699. The molecule has 3 aromatic rings. The van der Waals surface area contributed by atoms with E-state index in [1.54, 1.807) is 4.68 Å². The number of aromatic nitrogens is 4. The van der Waals surface area contributed by atoms with Crippen molar-refractivity contribution in [2.75, 3.05) is 31.1 Å². The third-order valence-electron chi connectivity index (χ3n) is 4.94. The summed E-state index contributed by atoms with van der Waals surface area (Å²) < 4.78 is 7.58. The van der Waals surface area contributed by atoms with Crippen LogP contribution in [0.3, 0.4) is 0 Å². The fraction of sp³-hybridized carbons (Fsp3) is 0.444. The van der Waals surface area contributed by atoms with Gasteiger partial charge in [-0.3, -0.25) is 9.48 Å². The molecule has 1 aliphatic heterocycles. The Hall–Kier alpha value is -2.90. The normalized spacial score (nSPS) is 15.1. The van der Waals surface area contributed by atoms with Crippen LogP contribution in [-0.2, 0) is 7.05 Å². The Labute approximate surface area is 151 Å². The lowest BCUT2D eigenvalue weighted by molar-refractivity contribution is 0.0743. The van der Waals surface area contributed by atoms with Crippen LogP contribution in [0, 0.1) is 20.8 Å². The smallest absolute Gasteiger partial charge is 0.300 e. The Morgan fingerprint density at radius 3 is 2.46 bits per heavy atom. The van der Waals surface area contributed by atoms with Gasteiger partial charge in [0.05, 0.1) is 11.3 Å². The van der Waals surface area contributed by atoms with E-state index in [2.05, 4.69) is 20.0 Å². The molecule has 0 bridgehead atoms. The minimum absolute atomic E-state index is 0.0441. The van der Waals surface area contributed by atoms with Gasteiger partial charge in [0.1, 0.15) is 0 Å². The predicted octanol–water partition coefficient (Wildman–Crippen LogP) is 1.84. The molecule has 0 saturated carbocycles. The van der Waals surface area contributed by atoms with Gasteiger partial charge in [-0.1, -0.05) is 0 Å². The van der Waals surface area contributed by atoms with Crippen molar-refractivity contribution in [1.82, 2.24) is 24.6 Å². The molecule has 3 aromatic heterocycles. The van der Waals surface area contributed by atoms with Crippen molar-refractivity contribution in [2.45, 2.75) is 20.8 Å². The number of carbonyl (C=O) groups excluding carboxylic acids is 1. The Bertz CT molecular complexity index is 981. The van der Waals surface area contributed by atoms with Gasteiger partial charge in [0.2, 0.25) is 5.65 Å². The van der Waals surface area contributed by atoms with Crippen molar-refractivity contribution in [3.8, 4) is 0 Å².